The topological polar surface area (TPSA) is 79.2 Å². The van der Waals surface area contributed by atoms with Gasteiger partial charge < -0.3 is 10.1 Å². The van der Waals surface area contributed by atoms with Crippen molar-refractivity contribution >= 4 is 18.0 Å². The zero-order valence-electron chi connectivity index (χ0n) is 11.4. The first-order valence-corrected chi connectivity index (χ1v) is 6.23. The number of nitrogens with zero attached hydrogens (tertiary/aromatic N) is 1. The van der Waals surface area contributed by atoms with E-state index < -0.39 is 12.1 Å². The first kappa shape index (κ1) is 15.4. The molecule has 5 heteroatoms. The smallest absolute Gasteiger partial charge is 0.331 e. The minimum Gasteiger partial charge on any atom is -0.449 e. The molecule has 0 aliphatic heterocycles. The summed E-state index contributed by atoms with van der Waals surface area (Å²) in [5.74, 6) is -0.916. The molecule has 0 aliphatic rings. The van der Waals surface area contributed by atoms with Gasteiger partial charge in [-0.3, -0.25) is 4.79 Å². The number of nitriles is 1. The van der Waals surface area contributed by atoms with Gasteiger partial charge in [0, 0.05) is 12.6 Å². The van der Waals surface area contributed by atoms with E-state index in [1.165, 1.54) is 13.0 Å². The summed E-state index contributed by atoms with van der Waals surface area (Å²) in [5, 5.41) is 11.2. The molecule has 0 heterocycles. The van der Waals surface area contributed by atoms with Crippen molar-refractivity contribution in [1.82, 2.24) is 5.32 Å². The van der Waals surface area contributed by atoms with Gasteiger partial charge in [-0.15, -0.1) is 0 Å². The third kappa shape index (κ3) is 4.94. The van der Waals surface area contributed by atoms with E-state index in [1.54, 1.807) is 37.3 Å². The van der Waals surface area contributed by atoms with E-state index in [9.17, 15) is 9.59 Å². The van der Waals surface area contributed by atoms with E-state index in [-0.39, 0.29) is 5.91 Å². The lowest BCUT2D eigenvalue weighted by atomic mass is 10.1. The van der Waals surface area contributed by atoms with Gasteiger partial charge in [-0.05, 0) is 37.6 Å². The number of rotatable bonds is 5. The number of carbonyl (C=O) groups excluding carboxylic acids is 2. The number of amides is 1. The lowest BCUT2D eigenvalue weighted by molar-refractivity contribution is -0.150. The first-order valence-electron chi connectivity index (χ1n) is 6.23. The van der Waals surface area contributed by atoms with Crippen LogP contribution < -0.4 is 5.32 Å². The van der Waals surface area contributed by atoms with Gasteiger partial charge in [-0.1, -0.05) is 12.1 Å². The molecule has 0 spiro atoms. The molecule has 5 nitrogen and oxygen atoms in total. The summed E-state index contributed by atoms with van der Waals surface area (Å²) in [5.41, 5.74) is 1.32. The van der Waals surface area contributed by atoms with Crippen molar-refractivity contribution in [2.75, 3.05) is 6.54 Å². The standard InChI is InChI=1S/C15H16N2O3/c1-3-17-15(19)11(2)20-14(18)9-8-12-4-6-13(10-16)7-5-12/h4-9,11H,3H2,1-2H3,(H,17,19)/b9-8+/t11-/m0/s1. The number of nitrogens with one attached hydrogen (secondary N) is 1. The Labute approximate surface area is 117 Å². The van der Waals surface area contributed by atoms with Crippen LogP contribution in [0.4, 0.5) is 0 Å². The summed E-state index contributed by atoms with van der Waals surface area (Å²) < 4.78 is 4.94. The zero-order valence-corrected chi connectivity index (χ0v) is 11.4. The van der Waals surface area contributed by atoms with Crippen LogP contribution >= 0.6 is 0 Å². The van der Waals surface area contributed by atoms with E-state index >= 15 is 0 Å². The average Bonchev–Trinajstić information content (AvgIpc) is 2.45. The monoisotopic (exact) mass is 272 g/mol. The third-order valence-electron chi connectivity index (χ3n) is 2.46. The summed E-state index contributed by atoms with van der Waals surface area (Å²) in [6.07, 6.45) is 1.98. The second-order valence-corrected chi connectivity index (χ2v) is 4.04. The maximum absolute atomic E-state index is 11.5. The van der Waals surface area contributed by atoms with E-state index in [4.69, 9.17) is 10.00 Å². The van der Waals surface area contributed by atoms with Gasteiger partial charge in [0.2, 0.25) is 0 Å². The summed E-state index contributed by atoms with van der Waals surface area (Å²) in [6.45, 7) is 3.79. The van der Waals surface area contributed by atoms with Gasteiger partial charge >= 0.3 is 5.97 Å². The maximum atomic E-state index is 11.5. The number of benzene rings is 1. The van der Waals surface area contributed by atoms with Crippen LogP contribution in [0.15, 0.2) is 30.3 Å². The fraction of sp³-hybridized carbons (Fsp3) is 0.267. The van der Waals surface area contributed by atoms with Crippen molar-refractivity contribution in [3.63, 3.8) is 0 Å². The Hall–Kier alpha value is -2.61. The predicted octanol–water partition coefficient (Wildman–Crippen LogP) is 1.64. The van der Waals surface area contributed by atoms with Crippen LogP contribution in [0.3, 0.4) is 0 Å². The molecule has 0 fully saturated rings. The molecule has 20 heavy (non-hydrogen) atoms. The van der Waals surface area contributed by atoms with Crippen molar-refractivity contribution in [2.45, 2.75) is 20.0 Å². The van der Waals surface area contributed by atoms with E-state index in [1.807, 2.05) is 6.07 Å². The maximum Gasteiger partial charge on any atom is 0.331 e. The van der Waals surface area contributed by atoms with E-state index in [2.05, 4.69) is 5.32 Å². The Morgan fingerprint density at radius 2 is 2.05 bits per heavy atom. The van der Waals surface area contributed by atoms with Crippen LogP contribution in [-0.4, -0.2) is 24.5 Å². The number of hydrogen-bond donors (Lipinski definition) is 1. The average molecular weight is 272 g/mol. The molecule has 0 saturated heterocycles. The van der Waals surface area contributed by atoms with Crippen LogP contribution in [0.2, 0.25) is 0 Å². The van der Waals surface area contributed by atoms with Crippen LogP contribution in [0.25, 0.3) is 6.08 Å². The second-order valence-electron chi connectivity index (χ2n) is 4.04. The normalized spacial score (nSPS) is 11.7. The molecule has 0 radical (unpaired) electrons. The largest absolute Gasteiger partial charge is 0.449 e. The molecule has 1 aromatic carbocycles. The van der Waals surface area contributed by atoms with Crippen molar-refractivity contribution < 1.29 is 14.3 Å². The molecule has 1 aromatic rings. The molecular weight excluding hydrogens is 256 g/mol. The summed E-state index contributed by atoms with van der Waals surface area (Å²) >= 11 is 0. The highest BCUT2D eigenvalue weighted by atomic mass is 16.5. The van der Waals surface area contributed by atoms with Gasteiger partial charge in [-0.25, -0.2) is 4.79 Å². The second kappa shape index (κ2) is 7.74. The fourth-order valence-corrected chi connectivity index (χ4v) is 1.42. The molecule has 0 bridgehead atoms. The highest BCUT2D eigenvalue weighted by Gasteiger charge is 2.14. The number of carbonyl (C=O) groups is 2. The zero-order chi connectivity index (χ0) is 15.0. The molecule has 0 saturated carbocycles. The summed E-state index contributed by atoms with van der Waals surface area (Å²) in [7, 11) is 0. The third-order valence-corrected chi connectivity index (χ3v) is 2.46. The highest BCUT2D eigenvalue weighted by Crippen LogP contribution is 2.05. The predicted molar refractivity (Wildman–Crippen MR) is 74.4 cm³/mol. The molecule has 1 atom stereocenters. The van der Waals surface area contributed by atoms with Crippen molar-refractivity contribution in [1.29, 1.82) is 5.26 Å². The molecule has 1 N–H and O–H groups in total. The minimum atomic E-state index is -0.826. The van der Waals surface area contributed by atoms with Gasteiger partial charge in [0.1, 0.15) is 0 Å². The fourth-order valence-electron chi connectivity index (χ4n) is 1.42. The lowest BCUT2D eigenvalue weighted by Gasteiger charge is -2.10. The highest BCUT2D eigenvalue weighted by molar-refractivity contribution is 5.90. The number of esters is 1. The van der Waals surface area contributed by atoms with E-state index in [0.717, 1.165) is 5.56 Å². The van der Waals surface area contributed by atoms with Crippen molar-refractivity contribution in [3.8, 4) is 6.07 Å². The van der Waals surface area contributed by atoms with Gasteiger partial charge in [0.05, 0.1) is 11.6 Å². The Bertz CT molecular complexity index is 541. The number of ether oxygens (including phenoxy) is 1. The molecule has 0 aromatic heterocycles. The van der Waals surface area contributed by atoms with Crippen molar-refractivity contribution in [2.24, 2.45) is 0 Å². The molecular formula is C15H16N2O3. The van der Waals surface area contributed by atoms with Gasteiger partial charge in [-0.2, -0.15) is 5.26 Å². The minimum absolute atomic E-state index is 0.326. The van der Waals surface area contributed by atoms with Crippen LogP contribution in [0, 0.1) is 11.3 Å². The van der Waals surface area contributed by atoms with E-state index in [0.29, 0.717) is 12.1 Å². The summed E-state index contributed by atoms with van der Waals surface area (Å²) in [4.78, 5) is 22.9. The first-order chi connectivity index (χ1) is 9.56. The Morgan fingerprint density at radius 3 is 2.60 bits per heavy atom. The lowest BCUT2D eigenvalue weighted by Crippen LogP contribution is -2.35. The van der Waals surface area contributed by atoms with Crippen molar-refractivity contribution in [3.05, 3.63) is 41.5 Å². The number of hydrogen-bond acceptors (Lipinski definition) is 4. The Kier molecular flexibility index (Phi) is 5.98. The van der Waals surface area contributed by atoms with Crippen LogP contribution in [0.1, 0.15) is 25.0 Å². The number of likely N-dealkylation sites (N-methyl/N-ethyl adjacent to an activating group) is 1. The Morgan fingerprint density at radius 1 is 1.40 bits per heavy atom. The molecule has 1 amide bonds. The van der Waals surface area contributed by atoms with Crippen LogP contribution in [-0.2, 0) is 14.3 Å². The SMILES string of the molecule is CCNC(=O)[C@H](C)OC(=O)/C=C/c1ccc(C#N)cc1. The van der Waals surface area contributed by atoms with Gasteiger partial charge in [0.25, 0.3) is 5.91 Å². The molecule has 1 rings (SSSR count). The molecule has 0 unspecified atom stereocenters. The summed E-state index contributed by atoms with van der Waals surface area (Å²) in [6, 6.07) is 8.76. The quantitative estimate of drug-likeness (QED) is 0.652. The van der Waals surface area contributed by atoms with Crippen LogP contribution in [0.5, 0.6) is 0 Å². The molecule has 104 valence electrons. The van der Waals surface area contributed by atoms with Gasteiger partial charge in [0.15, 0.2) is 6.10 Å². The Balaban J connectivity index is 2.55. The molecule has 0 aliphatic carbocycles.